The third-order valence-electron chi connectivity index (χ3n) is 5.65. The third kappa shape index (κ3) is 5.79. The van der Waals surface area contributed by atoms with Gasteiger partial charge >= 0.3 is 0 Å². The van der Waals surface area contributed by atoms with Crippen LogP contribution in [-0.2, 0) is 17.9 Å². The number of nitrogens with one attached hydrogen (secondary N) is 2. The second kappa shape index (κ2) is 11.1. The van der Waals surface area contributed by atoms with E-state index in [1.165, 1.54) is 25.3 Å². The Labute approximate surface area is 218 Å². The van der Waals surface area contributed by atoms with Gasteiger partial charge in [0.1, 0.15) is 23.9 Å². The maximum atomic E-state index is 14.9. The van der Waals surface area contributed by atoms with Gasteiger partial charge in [-0.3, -0.25) is 14.2 Å². The SMILES string of the molecule is CNCc1cc(Cl)cc(-c2cnc3nc(-c4cc(OC)ccc4F)n(CC(=O)NC(C)C)c(=O)c3c2)c1. The first kappa shape index (κ1) is 26.2. The molecule has 0 aliphatic rings. The van der Waals surface area contributed by atoms with E-state index in [4.69, 9.17) is 16.3 Å². The van der Waals surface area contributed by atoms with Crippen LogP contribution in [0.15, 0.2) is 53.5 Å². The number of hydrogen-bond donors (Lipinski definition) is 2. The van der Waals surface area contributed by atoms with Crippen molar-refractivity contribution in [3.8, 4) is 28.3 Å². The zero-order valence-electron chi connectivity index (χ0n) is 20.9. The number of ether oxygens (including phenoxy) is 1. The minimum absolute atomic E-state index is 0.0212. The summed E-state index contributed by atoms with van der Waals surface area (Å²) < 4.78 is 21.3. The van der Waals surface area contributed by atoms with Crippen molar-refractivity contribution >= 4 is 28.5 Å². The molecule has 0 aliphatic carbocycles. The first-order valence-electron chi connectivity index (χ1n) is 11.7. The summed E-state index contributed by atoms with van der Waals surface area (Å²) in [6.07, 6.45) is 1.59. The molecule has 0 atom stereocenters. The predicted molar refractivity (Wildman–Crippen MR) is 142 cm³/mol. The number of amides is 1. The molecule has 37 heavy (non-hydrogen) atoms. The molecule has 1 amide bonds. The number of aromatic nitrogens is 3. The summed E-state index contributed by atoms with van der Waals surface area (Å²) in [4.78, 5) is 35.3. The van der Waals surface area contributed by atoms with Crippen molar-refractivity contribution in [2.45, 2.75) is 33.0 Å². The molecule has 0 unspecified atom stereocenters. The maximum Gasteiger partial charge on any atom is 0.263 e. The lowest BCUT2D eigenvalue weighted by molar-refractivity contribution is -0.122. The molecule has 4 aromatic rings. The van der Waals surface area contributed by atoms with E-state index in [9.17, 15) is 14.0 Å². The lowest BCUT2D eigenvalue weighted by atomic mass is 10.0. The molecule has 2 heterocycles. The number of pyridine rings is 1. The van der Waals surface area contributed by atoms with Crippen molar-refractivity contribution in [3.05, 3.63) is 75.4 Å². The second-order valence-corrected chi connectivity index (χ2v) is 9.30. The Morgan fingerprint density at radius 3 is 2.65 bits per heavy atom. The fourth-order valence-corrected chi connectivity index (χ4v) is 4.31. The van der Waals surface area contributed by atoms with Gasteiger partial charge < -0.3 is 15.4 Å². The van der Waals surface area contributed by atoms with Crippen molar-refractivity contribution < 1.29 is 13.9 Å². The summed E-state index contributed by atoms with van der Waals surface area (Å²) in [6.45, 7) is 3.89. The van der Waals surface area contributed by atoms with E-state index in [0.717, 1.165) is 15.7 Å². The number of halogens is 2. The molecule has 0 aliphatic heterocycles. The van der Waals surface area contributed by atoms with Gasteiger partial charge in [-0.05, 0) is 74.5 Å². The summed E-state index contributed by atoms with van der Waals surface area (Å²) >= 11 is 6.32. The number of nitrogens with zero attached hydrogens (tertiary/aromatic N) is 3. The molecule has 2 N–H and O–H groups in total. The van der Waals surface area contributed by atoms with Gasteiger partial charge in [0.05, 0.1) is 18.1 Å². The molecule has 0 saturated carbocycles. The van der Waals surface area contributed by atoms with E-state index in [1.54, 1.807) is 18.3 Å². The molecule has 0 fully saturated rings. The van der Waals surface area contributed by atoms with Crippen LogP contribution in [0.5, 0.6) is 5.75 Å². The molecule has 10 heteroatoms. The molecule has 4 rings (SSSR count). The standard InChI is InChI=1S/C27H27ClFN5O3/c1-15(2)32-24(35)14-34-26(21-11-20(37-4)5-6-23(21)29)33-25-22(27(34)36)10-18(13-31-25)17-7-16(12-30-3)8-19(28)9-17/h5-11,13,15,30H,12,14H2,1-4H3,(H,32,35). The van der Waals surface area contributed by atoms with Crippen LogP contribution in [0.1, 0.15) is 19.4 Å². The van der Waals surface area contributed by atoms with Crippen molar-refractivity contribution in [2.75, 3.05) is 14.2 Å². The van der Waals surface area contributed by atoms with Crippen LogP contribution < -0.4 is 20.9 Å². The number of hydrogen-bond acceptors (Lipinski definition) is 6. The highest BCUT2D eigenvalue weighted by atomic mass is 35.5. The van der Waals surface area contributed by atoms with E-state index >= 15 is 0 Å². The molecule has 0 radical (unpaired) electrons. The molecule has 0 spiro atoms. The number of benzene rings is 2. The molecule has 2 aromatic carbocycles. The molecule has 0 saturated heterocycles. The Hall–Kier alpha value is -3.82. The summed E-state index contributed by atoms with van der Waals surface area (Å²) in [5.41, 5.74) is 2.03. The maximum absolute atomic E-state index is 14.9. The monoisotopic (exact) mass is 523 g/mol. The lowest BCUT2D eigenvalue weighted by Gasteiger charge is -2.16. The topological polar surface area (TPSA) is 98.1 Å². The predicted octanol–water partition coefficient (Wildman–Crippen LogP) is 4.17. The quantitative estimate of drug-likeness (QED) is 0.360. The summed E-state index contributed by atoms with van der Waals surface area (Å²) in [6, 6.07) is 11.2. The highest BCUT2D eigenvalue weighted by Crippen LogP contribution is 2.29. The minimum Gasteiger partial charge on any atom is -0.497 e. The van der Waals surface area contributed by atoms with E-state index in [2.05, 4.69) is 20.6 Å². The van der Waals surface area contributed by atoms with E-state index < -0.39 is 17.3 Å². The van der Waals surface area contributed by atoms with Crippen LogP contribution in [0.2, 0.25) is 5.02 Å². The number of methoxy groups -OCH3 is 1. The van der Waals surface area contributed by atoms with Gasteiger partial charge in [-0.1, -0.05) is 11.6 Å². The number of fused-ring (bicyclic) bond motifs is 1. The van der Waals surface area contributed by atoms with E-state index in [-0.39, 0.29) is 35.0 Å². The Morgan fingerprint density at radius 1 is 1.16 bits per heavy atom. The van der Waals surface area contributed by atoms with Crippen molar-refractivity contribution in [1.82, 2.24) is 25.2 Å². The minimum atomic E-state index is -0.613. The van der Waals surface area contributed by atoms with Crippen molar-refractivity contribution in [3.63, 3.8) is 0 Å². The molecular weight excluding hydrogens is 497 g/mol. The molecule has 192 valence electrons. The van der Waals surface area contributed by atoms with Gasteiger partial charge in [0.15, 0.2) is 5.65 Å². The Balaban J connectivity index is 1.93. The fourth-order valence-electron chi connectivity index (χ4n) is 4.05. The summed E-state index contributed by atoms with van der Waals surface area (Å²) in [5.74, 6) is -0.658. The first-order chi connectivity index (χ1) is 17.7. The average molecular weight is 524 g/mol. The average Bonchev–Trinajstić information content (AvgIpc) is 2.85. The Bertz CT molecular complexity index is 1540. The Kier molecular flexibility index (Phi) is 7.85. The van der Waals surface area contributed by atoms with E-state index in [1.807, 2.05) is 33.0 Å². The summed E-state index contributed by atoms with van der Waals surface area (Å²) in [7, 11) is 3.29. The van der Waals surface area contributed by atoms with Crippen LogP contribution in [0, 0.1) is 5.82 Å². The second-order valence-electron chi connectivity index (χ2n) is 8.87. The van der Waals surface area contributed by atoms with Gasteiger partial charge in [-0.2, -0.15) is 0 Å². The Morgan fingerprint density at radius 2 is 1.95 bits per heavy atom. The zero-order chi connectivity index (χ0) is 26.7. The zero-order valence-corrected chi connectivity index (χ0v) is 21.7. The van der Waals surface area contributed by atoms with Gasteiger partial charge in [0.25, 0.3) is 5.56 Å². The van der Waals surface area contributed by atoms with Gasteiger partial charge in [-0.15, -0.1) is 0 Å². The number of carbonyl (C=O) groups is 1. The van der Waals surface area contributed by atoms with Gasteiger partial charge in [0, 0.05) is 29.4 Å². The normalized spacial score (nSPS) is 11.2. The highest BCUT2D eigenvalue weighted by Gasteiger charge is 2.20. The lowest BCUT2D eigenvalue weighted by Crippen LogP contribution is -2.37. The molecule has 8 nitrogen and oxygen atoms in total. The summed E-state index contributed by atoms with van der Waals surface area (Å²) in [5, 5.41) is 6.59. The van der Waals surface area contributed by atoms with Gasteiger partial charge in [-0.25, -0.2) is 14.4 Å². The van der Waals surface area contributed by atoms with E-state index in [0.29, 0.717) is 22.9 Å². The first-order valence-corrected chi connectivity index (χ1v) is 12.1. The number of rotatable bonds is 8. The molecular formula is C27H27ClFN5O3. The van der Waals surface area contributed by atoms with Crippen molar-refractivity contribution in [1.29, 1.82) is 0 Å². The smallest absolute Gasteiger partial charge is 0.263 e. The van der Waals surface area contributed by atoms with Crippen molar-refractivity contribution in [2.24, 2.45) is 0 Å². The van der Waals surface area contributed by atoms with Crippen LogP contribution in [0.4, 0.5) is 4.39 Å². The van der Waals surface area contributed by atoms with Crippen LogP contribution in [0.3, 0.4) is 0 Å². The largest absolute Gasteiger partial charge is 0.497 e. The highest BCUT2D eigenvalue weighted by molar-refractivity contribution is 6.31. The van der Waals surface area contributed by atoms with Crippen LogP contribution in [-0.4, -0.2) is 40.6 Å². The van der Waals surface area contributed by atoms with Crippen LogP contribution in [0.25, 0.3) is 33.5 Å². The number of carbonyl (C=O) groups excluding carboxylic acids is 1. The van der Waals surface area contributed by atoms with Crippen LogP contribution >= 0.6 is 11.6 Å². The molecule has 2 aromatic heterocycles. The third-order valence-corrected chi connectivity index (χ3v) is 5.87. The molecule has 0 bridgehead atoms. The van der Waals surface area contributed by atoms with Gasteiger partial charge in [0.2, 0.25) is 5.91 Å². The fraction of sp³-hybridized carbons (Fsp3) is 0.259.